The third-order valence-corrected chi connectivity index (χ3v) is 10.1. The Labute approximate surface area is 280 Å². The van der Waals surface area contributed by atoms with Crippen molar-refractivity contribution in [1.82, 2.24) is 10.2 Å². The van der Waals surface area contributed by atoms with E-state index in [0.717, 1.165) is 59.8 Å². The number of benzene rings is 4. The lowest BCUT2D eigenvalue weighted by atomic mass is 10.0. The van der Waals surface area contributed by atoms with Crippen LogP contribution in [-0.2, 0) is 32.6 Å². The van der Waals surface area contributed by atoms with Gasteiger partial charge >= 0.3 is 0 Å². The number of carbonyl (C=O) groups is 2. The van der Waals surface area contributed by atoms with Gasteiger partial charge in [0.15, 0.2) is 0 Å². The van der Waals surface area contributed by atoms with Gasteiger partial charge in [0, 0.05) is 19.0 Å². The molecule has 252 valence electrons. The van der Waals surface area contributed by atoms with Crippen LogP contribution in [0.2, 0.25) is 0 Å². The molecule has 0 aromatic heterocycles. The van der Waals surface area contributed by atoms with E-state index in [4.69, 9.17) is 4.74 Å². The zero-order valence-corrected chi connectivity index (χ0v) is 27.5. The van der Waals surface area contributed by atoms with Crippen molar-refractivity contribution >= 4 is 27.5 Å². The molecule has 11 heteroatoms. The molecule has 0 bridgehead atoms. The van der Waals surface area contributed by atoms with Crippen LogP contribution in [0.3, 0.4) is 0 Å². The van der Waals surface area contributed by atoms with Crippen molar-refractivity contribution in [3.8, 4) is 5.75 Å². The molecule has 0 aliphatic heterocycles. The standard InChI is InChI=1S/C37H39F2N3O5S/c1-2-47-33-20-18-32(19-21-33)42(48(45,46)34-22-16-30(39)17-23-34)26-36(43)41(25-28-12-14-29(38)15-13-28)35(24-27-8-4-3-5-9-27)37(44)40-31-10-6-7-11-31/h3-5,8-9,12-23,31,35H,2,6-7,10-11,24-26H2,1H3,(H,40,44)/t35-/m0/s1. The van der Waals surface area contributed by atoms with Crippen molar-refractivity contribution in [1.29, 1.82) is 0 Å². The molecule has 2 amide bonds. The molecule has 0 radical (unpaired) electrons. The Bertz CT molecular complexity index is 1760. The zero-order valence-electron chi connectivity index (χ0n) is 26.7. The molecule has 0 saturated heterocycles. The summed E-state index contributed by atoms with van der Waals surface area (Å²) >= 11 is 0. The third kappa shape index (κ3) is 8.77. The van der Waals surface area contributed by atoms with Gasteiger partial charge in [-0.25, -0.2) is 17.2 Å². The molecule has 1 saturated carbocycles. The first-order valence-corrected chi connectivity index (χ1v) is 17.5. The van der Waals surface area contributed by atoms with E-state index in [9.17, 15) is 26.8 Å². The quantitative estimate of drug-likeness (QED) is 0.170. The van der Waals surface area contributed by atoms with Gasteiger partial charge in [0.25, 0.3) is 10.0 Å². The second-order valence-electron chi connectivity index (χ2n) is 11.7. The van der Waals surface area contributed by atoms with E-state index in [2.05, 4.69) is 5.32 Å². The predicted octanol–water partition coefficient (Wildman–Crippen LogP) is 6.26. The Morgan fingerprint density at radius 1 is 0.833 bits per heavy atom. The highest BCUT2D eigenvalue weighted by Gasteiger charge is 2.35. The summed E-state index contributed by atoms with van der Waals surface area (Å²) in [6, 6.07) is 24.4. The predicted molar refractivity (Wildman–Crippen MR) is 180 cm³/mol. The van der Waals surface area contributed by atoms with Gasteiger partial charge in [-0.05, 0) is 91.6 Å². The van der Waals surface area contributed by atoms with Gasteiger partial charge in [-0.15, -0.1) is 0 Å². The topological polar surface area (TPSA) is 96.0 Å². The number of hydrogen-bond acceptors (Lipinski definition) is 5. The van der Waals surface area contributed by atoms with E-state index >= 15 is 0 Å². The Morgan fingerprint density at radius 2 is 1.44 bits per heavy atom. The Morgan fingerprint density at radius 3 is 2.04 bits per heavy atom. The average Bonchev–Trinajstić information content (AvgIpc) is 3.60. The molecular weight excluding hydrogens is 636 g/mol. The molecule has 0 spiro atoms. The average molecular weight is 676 g/mol. The number of carbonyl (C=O) groups excluding carboxylic acids is 2. The zero-order chi connectivity index (χ0) is 34.1. The molecule has 48 heavy (non-hydrogen) atoms. The largest absolute Gasteiger partial charge is 0.494 e. The minimum Gasteiger partial charge on any atom is -0.494 e. The number of amides is 2. The highest BCUT2D eigenvalue weighted by atomic mass is 32.2. The Hall–Kier alpha value is -4.77. The van der Waals surface area contributed by atoms with Gasteiger partial charge in [0.05, 0.1) is 17.2 Å². The van der Waals surface area contributed by atoms with Crippen LogP contribution in [0.1, 0.15) is 43.7 Å². The first-order chi connectivity index (χ1) is 23.1. The van der Waals surface area contributed by atoms with Crippen LogP contribution < -0.4 is 14.4 Å². The molecular formula is C37H39F2N3O5S. The summed E-state index contributed by atoms with van der Waals surface area (Å²) in [6.45, 7) is 1.47. The molecule has 4 aromatic carbocycles. The SMILES string of the molecule is CCOc1ccc(N(CC(=O)N(Cc2ccc(F)cc2)[C@@H](Cc2ccccc2)C(=O)NC2CCCC2)S(=O)(=O)c2ccc(F)cc2)cc1. The minimum absolute atomic E-state index is 0.0299. The number of anilines is 1. The summed E-state index contributed by atoms with van der Waals surface area (Å²) in [5.74, 6) is -1.56. The van der Waals surface area contributed by atoms with Crippen molar-refractivity contribution in [2.24, 2.45) is 0 Å². The number of ether oxygens (including phenoxy) is 1. The maximum Gasteiger partial charge on any atom is 0.264 e. The first-order valence-electron chi connectivity index (χ1n) is 16.0. The number of sulfonamides is 1. The molecule has 1 atom stereocenters. The molecule has 5 rings (SSSR count). The van der Waals surface area contributed by atoms with Crippen LogP contribution >= 0.6 is 0 Å². The first kappa shape index (κ1) is 34.6. The molecule has 1 aliphatic rings. The number of nitrogens with one attached hydrogen (secondary N) is 1. The normalized spacial score (nSPS) is 13.9. The second-order valence-corrected chi connectivity index (χ2v) is 13.6. The summed E-state index contributed by atoms with van der Waals surface area (Å²) < 4.78 is 62.4. The van der Waals surface area contributed by atoms with E-state index < -0.39 is 40.2 Å². The van der Waals surface area contributed by atoms with E-state index in [1.165, 1.54) is 41.3 Å². The van der Waals surface area contributed by atoms with Crippen molar-refractivity contribution in [3.05, 3.63) is 126 Å². The van der Waals surface area contributed by atoms with Gasteiger partial charge < -0.3 is 15.0 Å². The highest BCUT2D eigenvalue weighted by Crippen LogP contribution is 2.27. The van der Waals surface area contributed by atoms with E-state index in [1.54, 1.807) is 12.1 Å². The lowest BCUT2D eigenvalue weighted by Crippen LogP contribution is -2.54. The number of hydrogen-bond donors (Lipinski definition) is 1. The molecule has 1 N–H and O–H groups in total. The van der Waals surface area contributed by atoms with Crippen molar-refractivity contribution < 1.29 is 31.5 Å². The van der Waals surface area contributed by atoms with Crippen LogP contribution in [0.4, 0.5) is 14.5 Å². The molecule has 4 aromatic rings. The minimum atomic E-state index is -4.40. The number of halogens is 2. The molecule has 1 aliphatic carbocycles. The molecule has 0 unspecified atom stereocenters. The summed E-state index contributed by atoms with van der Waals surface area (Å²) in [5.41, 5.74) is 1.54. The smallest absolute Gasteiger partial charge is 0.264 e. The summed E-state index contributed by atoms with van der Waals surface area (Å²) in [7, 11) is -4.40. The third-order valence-electron chi connectivity index (χ3n) is 8.36. The number of nitrogens with zero attached hydrogens (tertiary/aromatic N) is 2. The van der Waals surface area contributed by atoms with Crippen molar-refractivity contribution in [2.75, 3.05) is 17.5 Å². The van der Waals surface area contributed by atoms with Gasteiger partial charge in [0.1, 0.15) is 30.0 Å². The maximum absolute atomic E-state index is 14.6. The monoisotopic (exact) mass is 675 g/mol. The van der Waals surface area contributed by atoms with Gasteiger partial charge in [-0.2, -0.15) is 0 Å². The highest BCUT2D eigenvalue weighted by molar-refractivity contribution is 7.92. The molecule has 8 nitrogen and oxygen atoms in total. The van der Waals surface area contributed by atoms with Crippen molar-refractivity contribution in [2.45, 2.75) is 62.6 Å². The van der Waals surface area contributed by atoms with E-state index in [-0.39, 0.29) is 35.5 Å². The fraction of sp³-hybridized carbons (Fsp3) is 0.297. The van der Waals surface area contributed by atoms with Crippen molar-refractivity contribution in [3.63, 3.8) is 0 Å². The fourth-order valence-corrected chi connectivity index (χ4v) is 7.26. The lowest BCUT2D eigenvalue weighted by molar-refractivity contribution is -0.140. The second kappa shape index (κ2) is 15.9. The van der Waals surface area contributed by atoms with E-state index in [0.29, 0.717) is 17.9 Å². The van der Waals surface area contributed by atoms with Gasteiger partial charge in [0.2, 0.25) is 11.8 Å². The summed E-state index contributed by atoms with van der Waals surface area (Å²) in [6.07, 6.45) is 3.81. The summed E-state index contributed by atoms with van der Waals surface area (Å²) in [5, 5.41) is 3.12. The van der Waals surface area contributed by atoms with Crippen LogP contribution in [0.15, 0.2) is 108 Å². The molecule has 1 fully saturated rings. The lowest BCUT2D eigenvalue weighted by Gasteiger charge is -2.34. The maximum atomic E-state index is 14.6. The fourth-order valence-electron chi connectivity index (χ4n) is 5.85. The van der Waals surface area contributed by atoms with Crippen LogP contribution in [0.25, 0.3) is 0 Å². The van der Waals surface area contributed by atoms with Crippen LogP contribution in [0, 0.1) is 11.6 Å². The van der Waals surface area contributed by atoms with Gasteiger partial charge in [-0.1, -0.05) is 55.3 Å². The van der Waals surface area contributed by atoms with Gasteiger partial charge in [-0.3, -0.25) is 13.9 Å². The number of rotatable bonds is 14. The van der Waals surface area contributed by atoms with E-state index in [1.807, 2.05) is 37.3 Å². The van der Waals surface area contributed by atoms with Crippen LogP contribution in [0.5, 0.6) is 5.75 Å². The molecule has 0 heterocycles. The van der Waals surface area contributed by atoms with Crippen LogP contribution in [-0.4, -0.2) is 50.4 Å². The Kier molecular flexibility index (Phi) is 11.4. The summed E-state index contributed by atoms with van der Waals surface area (Å²) in [4.78, 5) is 29.8. The Balaban J connectivity index is 1.56.